The summed E-state index contributed by atoms with van der Waals surface area (Å²) < 4.78 is 25.8. The van der Waals surface area contributed by atoms with Crippen LogP contribution in [-0.2, 0) is 6.54 Å². The van der Waals surface area contributed by atoms with Gasteiger partial charge in [-0.15, -0.1) is 0 Å². The zero-order valence-electron chi connectivity index (χ0n) is 7.80. The Bertz CT molecular complexity index is 440. The van der Waals surface area contributed by atoms with Crippen LogP contribution in [0.25, 0.3) is 0 Å². The second-order valence-corrected chi connectivity index (χ2v) is 3.03. The van der Waals surface area contributed by atoms with Crippen molar-refractivity contribution >= 4 is 5.95 Å². The third-order valence-corrected chi connectivity index (χ3v) is 1.96. The van der Waals surface area contributed by atoms with E-state index in [2.05, 4.69) is 15.3 Å². The van der Waals surface area contributed by atoms with Gasteiger partial charge in [0.1, 0.15) is 11.6 Å². The van der Waals surface area contributed by atoms with Crippen LogP contribution < -0.4 is 5.32 Å². The van der Waals surface area contributed by atoms with Crippen molar-refractivity contribution in [3.05, 3.63) is 47.8 Å². The molecule has 0 fully saturated rings. The molecule has 1 aromatic heterocycles. The number of anilines is 1. The topological polar surface area (TPSA) is 40.7 Å². The number of rotatable bonds is 3. The summed E-state index contributed by atoms with van der Waals surface area (Å²) in [5.74, 6) is -0.581. The van der Waals surface area contributed by atoms with Gasteiger partial charge < -0.3 is 10.3 Å². The van der Waals surface area contributed by atoms with E-state index in [4.69, 9.17) is 0 Å². The lowest BCUT2D eigenvalue weighted by molar-refractivity contribution is 0.574. The predicted molar refractivity (Wildman–Crippen MR) is 52.3 cm³/mol. The summed E-state index contributed by atoms with van der Waals surface area (Å²) in [6, 6.07) is 3.49. The average Bonchev–Trinajstić information content (AvgIpc) is 2.69. The van der Waals surface area contributed by atoms with Crippen LogP contribution in [0.4, 0.5) is 14.7 Å². The van der Waals surface area contributed by atoms with E-state index < -0.39 is 11.6 Å². The highest BCUT2D eigenvalue weighted by Crippen LogP contribution is 2.10. The molecule has 1 heterocycles. The van der Waals surface area contributed by atoms with E-state index in [0.717, 1.165) is 6.07 Å². The van der Waals surface area contributed by atoms with Gasteiger partial charge in [0.2, 0.25) is 0 Å². The van der Waals surface area contributed by atoms with Crippen LogP contribution in [0.2, 0.25) is 0 Å². The molecule has 2 aromatic rings. The summed E-state index contributed by atoms with van der Waals surface area (Å²) >= 11 is 0. The van der Waals surface area contributed by atoms with Crippen molar-refractivity contribution in [2.75, 3.05) is 5.32 Å². The van der Waals surface area contributed by atoms with Crippen LogP contribution in [0.5, 0.6) is 0 Å². The summed E-state index contributed by atoms with van der Waals surface area (Å²) in [5.41, 5.74) is 0.396. The van der Waals surface area contributed by atoms with Crippen LogP contribution >= 0.6 is 0 Å². The first-order chi connectivity index (χ1) is 7.25. The molecule has 0 spiro atoms. The molecule has 0 unspecified atom stereocenters. The lowest BCUT2D eigenvalue weighted by atomic mass is 10.2. The molecule has 5 heteroatoms. The Labute approximate surface area is 85.2 Å². The highest BCUT2D eigenvalue weighted by atomic mass is 19.1. The van der Waals surface area contributed by atoms with Gasteiger partial charge in [0.15, 0.2) is 5.95 Å². The molecular formula is C10H9F2N3. The molecular weight excluding hydrogens is 200 g/mol. The Balaban J connectivity index is 2.05. The molecule has 0 saturated heterocycles. The molecule has 3 nitrogen and oxygen atoms in total. The van der Waals surface area contributed by atoms with Crippen molar-refractivity contribution in [1.29, 1.82) is 0 Å². The zero-order chi connectivity index (χ0) is 10.7. The largest absolute Gasteiger partial charge is 0.352 e. The van der Waals surface area contributed by atoms with E-state index in [1.54, 1.807) is 12.4 Å². The van der Waals surface area contributed by atoms with Crippen LogP contribution in [0.15, 0.2) is 30.6 Å². The molecule has 0 saturated carbocycles. The van der Waals surface area contributed by atoms with Gasteiger partial charge >= 0.3 is 0 Å². The number of nitrogens with zero attached hydrogens (tertiary/aromatic N) is 1. The Kier molecular flexibility index (Phi) is 2.62. The number of imidazole rings is 1. The summed E-state index contributed by atoms with van der Waals surface area (Å²) in [5, 5.41) is 2.87. The van der Waals surface area contributed by atoms with Gasteiger partial charge in [0.05, 0.1) is 0 Å². The predicted octanol–water partition coefficient (Wildman–Crippen LogP) is 2.30. The maximum absolute atomic E-state index is 13.2. The Morgan fingerprint density at radius 3 is 2.87 bits per heavy atom. The maximum Gasteiger partial charge on any atom is 0.200 e. The van der Waals surface area contributed by atoms with E-state index in [1.165, 1.54) is 12.1 Å². The first-order valence-corrected chi connectivity index (χ1v) is 4.43. The van der Waals surface area contributed by atoms with Gasteiger partial charge in [-0.1, -0.05) is 6.07 Å². The number of hydrogen-bond acceptors (Lipinski definition) is 2. The molecule has 0 aliphatic carbocycles. The number of aromatic amines is 1. The second-order valence-electron chi connectivity index (χ2n) is 3.03. The van der Waals surface area contributed by atoms with Crippen LogP contribution in [-0.4, -0.2) is 9.97 Å². The number of benzene rings is 1. The number of nitrogens with one attached hydrogen (secondary N) is 2. The molecule has 0 radical (unpaired) electrons. The van der Waals surface area contributed by atoms with E-state index >= 15 is 0 Å². The van der Waals surface area contributed by atoms with Gasteiger partial charge in [-0.2, -0.15) is 0 Å². The second kappa shape index (κ2) is 4.08. The fourth-order valence-electron chi connectivity index (χ4n) is 1.21. The average molecular weight is 209 g/mol. The smallest absolute Gasteiger partial charge is 0.200 e. The van der Waals surface area contributed by atoms with Crippen molar-refractivity contribution in [1.82, 2.24) is 9.97 Å². The van der Waals surface area contributed by atoms with Crippen molar-refractivity contribution in [3.63, 3.8) is 0 Å². The Morgan fingerprint density at radius 1 is 1.33 bits per heavy atom. The van der Waals surface area contributed by atoms with Crippen molar-refractivity contribution in [3.8, 4) is 0 Å². The molecule has 1 aromatic carbocycles. The minimum atomic E-state index is -0.575. The molecule has 2 N–H and O–H groups in total. The van der Waals surface area contributed by atoms with Crippen LogP contribution in [0.3, 0.4) is 0 Å². The third kappa shape index (κ3) is 2.31. The van der Waals surface area contributed by atoms with Gasteiger partial charge in [-0.25, -0.2) is 13.8 Å². The van der Waals surface area contributed by atoms with Crippen molar-refractivity contribution in [2.24, 2.45) is 0 Å². The maximum atomic E-state index is 13.2. The quantitative estimate of drug-likeness (QED) is 0.814. The number of halogens is 2. The molecule has 78 valence electrons. The highest BCUT2D eigenvalue weighted by Gasteiger charge is 2.03. The Hall–Kier alpha value is -1.91. The fourth-order valence-corrected chi connectivity index (χ4v) is 1.21. The minimum Gasteiger partial charge on any atom is -0.352 e. The number of H-pyrrole nitrogens is 1. The summed E-state index contributed by atoms with van der Waals surface area (Å²) in [6.07, 6.45) is 3.24. The lowest BCUT2D eigenvalue weighted by Gasteiger charge is -2.04. The van der Waals surface area contributed by atoms with E-state index in [0.29, 0.717) is 11.5 Å². The monoisotopic (exact) mass is 209 g/mol. The van der Waals surface area contributed by atoms with Crippen molar-refractivity contribution in [2.45, 2.75) is 6.54 Å². The van der Waals surface area contributed by atoms with E-state index in [1.807, 2.05) is 0 Å². The third-order valence-electron chi connectivity index (χ3n) is 1.96. The van der Waals surface area contributed by atoms with Gasteiger partial charge in [-0.05, 0) is 6.07 Å². The standard InChI is InChI=1S/C10H9F2N3/c11-8-2-1-7(9(12)5-8)6-15-10-13-3-4-14-10/h1-5H,6H2,(H2,13,14,15). The molecule has 15 heavy (non-hydrogen) atoms. The summed E-state index contributed by atoms with van der Waals surface area (Å²) in [6.45, 7) is 0.264. The first-order valence-electron chi connectivity index (χ1n) is 4.43. The molecule has 0 aliphatic heterocycles. The fraction of sp³-hybridized carbons (Fsp3) is 0.100. The highest BCUT2D eigenvalue weighted by molar-refractivity contribution is 5.27. The number of hydrogen-bond donors (Lipinski definition) is 2. The summed E-state index contributed by atoms with van der Waals surface area (Å²) in [4.78, 5) is 6.73. The number of aromatic nitrogens is 2. The van der Waals surface area contributed by atoms with E-state index in [-0.39, 0.29) is 6.54 Å². The summed E-state index contributed by atoms with van der Waals surface area (Å²) in [7, 11) is 0. The normalized spacial score (nSPS) is 10.3. The molecule has 0 bridgehead atoms. The van der Waals surface area contributed by atoms with Gasteiger partial charge in [0, 0.05) is 30.6 Å². The molecule has 0 amide bonds. The van der Waals surface area contributed by atoms with Gasteiger partial charge in [0.25, 0.3) is 0 Å². The SMILES string of the molecule is Fc1ccc(CNc2ncc[nH]2)c(F)c1. The van der Waals surface area contributed by atoms with Crippen molar-refractivity contribution < 1.29 is 8.78 Å². The van der Waals surface area contributed by atoms with Gasteiger partial charge in [-0.3, -0.25) is 0 Å². The molecule has 0 aliphatic rings. The molecule has 0 atom stereocenters. The van der Waals surface area contributed by atoms with Crippen LogP contribution in [0, 0.1) is 11.6 Å². The Morgan fingerprint density at radius 2 is 2.20 bits per heavy atom. The minimum absolute atomic E-state index is 0.264. The van der Waals surface area contributed by atoms with Crippen LogP contribution in [0.1, 0.15) is 5.56 Å². The lowest BCUT2D eigenvalue weighted by Crippen LogP contribution is -2.03. The zero-order valence-corrected chi connectivity index (χ0v) is 7.80. The first kappa shape index (κ1) is 9.64. The molecule has 2 rings (SSSR count). The van der Waals surface area contributed by atoms with E-state index in [9.17, 15) is 8.78 Å².